The van der Waals surface area contributed by atoms with Crippen LogP contribution in [0.15, 0.2) is 0 Å². The molecule has 0 fully saturated rings. The van der Waals surface area contributed by atoms with E-state index in [1.54, 1.807) is 6.92 Å². The van der Waals surface area contributed by atoms with E-state index in [2.05, 4.69) is 20.0 Å². The number of nitrogen functional groups attached to an aromatic ring is 1. The van der Waals surface area contributed by atoms with E-state index in [1.165, 1.54) is 0 Å². The van der Waals surface area contributed by atoms with Gasteiger partial charge in [0, 0.05) is 13.1 Å². The Hall–Kier alpha value is -1.12. The van der Waals surface area contributed by atoms with Crippen molar-refractivity contribution in [3.05, 3.63) is 11.0 Å². The summed E-state index contributed by atoms with van der Waals surface area (Å²) in [6, 6.07) is 0. The molecule has 1 rings (SSSR count). The smallest absolute Gasteiger partial charge is 0.224 e. The first-order valence-electron chi connectivity index (χ1n) is 5.27. The van der Waals surface area contributed by atoms with E-state index < -0.39 is 10.0 Å². The van der Waals surface area contributed by atoms with Gasteiger partial charge in [-0.15, -0.1) is 0 Å². The van der Waals surface area contributed by atoms with Gasteiger partial charge < -0.3 is 11.1 Å². The average molecular weight is 294 g/mol. The van der Waals surface area contributed by atoms with Crippen LogP contribution >= 0.6 is 11.6 Å². The van der Waals surface area contributed by atoms with Gasteiger partial charge >= 0.3 is 0 Å². The molecule has 0 saturated carbocycles. The Bertz CT molecular complexity index is 520. The van der Waals surface area contributed by atoms with Crippen molar-refractivity contribution in [1.82, 2.24) is 14.7 Å². The summed E-state index contributed by atoms with van der Waals surface area (Å²) in [7, 11) is -3.14. The van der Waals surface area contributed by atoms with Gasteiger partial charge in [0.15, 0.2) is 5.82 Å². The molecule has 0 aromatic carbocycles. The molecule has 0 unspecified atom stereocenters. The first kappa shape index (κ1) is 14.9. The SMILES string of the molecule is Cc1nc(Cl)nc(NCCCNS(C)(=O)=O)c1N. The fraction of sp³-hybridized carbons (Fsp3) is 0.556. The summed E-state index contributed by atoms with van der Waals surface area (Å²) in [6.07, 6.45) is 1.72. The molecule has 1 heterocycles. The van der Waals surface area contributed by atoms with E-state index >= 15 is 0 Å². The second kappa shape index (κ2) is 6.17. The van der Waals surface area contributed by atoms with Crippen LogP contribution in [0.4, 0.5) is 11.5 Å². The average Bonchev–Trinajstić information content (AvgIpc) is 2.22. The zero-order valence-electron chi connectivity index (χ0n) is 10.2. The van der Waals surface area contributed by atoms with Crippen LogP contribution in [-0.4, -0.2) is 37.7 Å². The van der Waals surface area contributed by atoms with E-state index in [0.717, 1.165) is 6.26 Å². The molecule has 0 atom stereocenters. The van der Waals surface area contributed by atoms with E-state index in [0.29, 0.717) is 36.7 Å². The Balaban J connectivity index is 2.45. The molecule has 0 aliphatic heterocycles. The van der Waals surface area contributed by atoms with Crippen molar-refractivity contribution in [2.75, 3.05) is 30.4 Å². The van der Waals surface area contributed by atoms with E-state index in [-0.39, 0.29) is 5.28 Å². The second-order valence-electron chi connectivity index (χ2n) is 3.79. The van der Waals surface area contributed by atoms with Gasteiger partial charge in [-0.3, -0.25) is 0 Å². The molecule has 4 N–H and O–H groups in total. The number of sulfonamides is 1. The first-order chi connectivity index (χ1) is 8.29. The van der Waals surface area contributed by atoms with Crippen molar-refractivity contribution < 1.29 is 8.42 Å². The Morgan fingerprint density at radius 2 is 2.00 bits per heavy atom. The standard InChI is InChI=1S/C9H16ClN5O2S/c1-6-7(11)8(15-9(10)14-6)12-4-3-5-13-18(2,16)17/h13H,3-5,11H2,1-2H3,(H,12,14,15). The molecule has 0 aliphatic carbocycles. The van der Waals surface area contributed by atoms with Crippen molar-refractivity contribution in [2.45, 2.75) is 13.3 Å². The number of nitrogens with zero attached hydrogens (tertiary/aromatic N) is 2. The summed E-state index contributed by atoms with van der Waals surface area (Å²) in [5.41, 5.74) is 6.82. The van der Waals surface area contributed by atoms with Crippen molar-refractivity contribution in [1.29, 1.82) is 0 Å². The Morgan fingerprint density at radius 3 is 2.61 bits per heavy atom. The summed E-state index contributed by atoms with van der Waals surface area (Å²) >= 11 is 5.71. The normalized spacial score (nSPS) is 11.5. The number of halogens is 1. The molecule has 1 aromatic rings. The van der Waals surface area contributed by atoms with Gasteiger partial charge in [0.2, 0.25) is 15.3 Å². The highest BCUT2D eigenvalue weighted by Crippen LogP contribution is 2.20. The van der Waals surface area contributed by atoms with Crippen LogP contribution in [0.25, 0.3) is 0 Å². The zero-order chi connectivity index (χ0) is 13.8. The molecule has 102 valence electrons. The van der Waals surface area contributed by atoms with E-state index in [9.17, 15) is 8.42 Å². The molecule has 0 saturated heterocycles. The number of rotatable bonds is 6. The largest absolute Gasteiger partial charge is 0.394 e. The summed E-state index contributed by atoms with van der Waals surface area (Å²) in [6.45, 7) is 2.61. The maximum Gasteiger partial charge on any atom is 0.224 e. The van der Waals surface area contributed by atoms with Gasteiger partial charge in [-0.05, 0) is 24.9 Å². The highest BCUT2D eigenvalue weighted by molar-refractivity contribution is 7.88. The molecular weight excluding hydrogens is 278 g/mol. The lowest BCUT2D eigenvalue weighted by atomic mass is 10.3. The Kier molecular flexibility index (Phi) is 5.12. The molecule has 0 aliphatic rings. The van der Waals surface area contributed by atoms with Crippen LogP contribution in [0.2, 0.25) is 5.28 Å². The molecule has 0 radical (unpaired) electrons. The topological polar surface area (TPSA) is 110 Å². The molecule has 18 heavy (non-hydrogen) atoms. The molecular formula is C9H16ClN5O2S. The summed E-state index contributed by atoms with van der Waals surface area (Å²) < 4.78 is 24.0. The van der Waals surface area contributed by atoms with Crippen LogP contribution in [0.3, 0.4) is 0 Å². The monoisotopic (exact) mass is 293 g/mol. The Morgan fingerprint density at radius 1 is 1.33 bits per heavy atom. The predicted molar refractivity (Wildman–Crippen MR) is 72.1 cm³/mol. The minimum atomic E-state index is -3.14. The van der Waals surface area contributed by atoms with Crippen LogP contribution in [0, 0.1) is 6.92 Å². The molecule has 0 amide bonds. The first-order valence-corrected chi connectivity index (χ1v) is 7.54. The molecule has 9 heteroatoms. The maximum atomic E-state index is 10.8. The quantitative estimate of drug-likeness (QED) is 0.516. The van der Waals surface area contributed by atoms with Crippen molar-refractivity contribution >= 4 is 33.1 Å². The highest BCUT2D eigenvalue weighted by atomic mass is 35.5. The maximum absolute atomic E-state index is 10.8. The van der Waals surface area contributed by atoms with Gasteiger partial charge in [-0.25, -0.2) is 18.1 Å². The van der Waals surface area contributed by atoms with Gasteiger partial charge in [-0.1, -0.05) is 0 Å². The third kappa shape index (κ3) is 5.03. The summed E-state index contributed by atoms with van der Waals surface area (Å²) in [4.78, 5) is 7.87. The fourth-order valence-electron chi connectivity index (χ4n) is 1.23. The third-order valence-electron chi connectivity index (χ3n) is 2.12. The molecule has 1 aromatic heterocycles. The number of aryl methyl sites for hydroxylation is 1. The van der Waals surface area contributed by atoms with Crippen molar-refractivity contribution in [3.63, 3.8) is 0 Å². The van der Waals surface area contributed by atoms with Gasteiger partial charge in [-0.2, -0.15) is 4.98 Å². The van der Waals surface area contributed by atoms with E-state index in [1.807, 2.05) is 0 Å². The lowest BCUT2D eigenvalue weighted by Crippen LogP contribution is -2.24. The second-order valence-corrected chi connectivity index (χ2v) is 5.96. The molecule has 0 bridgehead atoms. The fourth-order valence-corrected chi connectivity index (χ4v) is 1.96. The summed E-state index contributed by atoms with van der Waals surface area (Å²) in [5.74, 6) is 0.465. The number of hydrogen-bond acceptors (Lipinski definition) is 6. The number of anilines is 2. The number of nitrogens with two attached hydrogens (primary N) is 1. The third-order valence-corrected chi connectivity index (χ3v) is 3.02. The summed E-state index contributed by atoms with van der Waals surface area (Å²) in [5, 5.41) is 3.11. The number of aromatic nitrogens is 2. The lowest BCUT2D eigenvalue weighted by molar-refractivity contribution is 0.586. The van der Waals surface area contributed by atoms with Gasteiger partial charge in [0.1, 0.15) is 0 Å². The van der Waals surface area contributed by atoms with Crippen LogP contribution < -0.4 is 15.8 Å². The van der Waals surface area contributed by atoms with Crippen molar-refractivity contribution in [3.8, 4) is 0 Å². The van der Waals surface area contributed by atoms with E-state index in [4.69, 9.17) is 17.3 Å². The lowest BCUT2D eigenvalue weighted by Gasteiger charge is -2.10. The molecule has 0 spiro atoms. The minimum absolute atomic E-state index is 0.124. The highest BCUT2D eigenvalue weighted by Gasteiger charge is 2.07. The zero-order valence-corrected chi connectivity index (χ0v) is 11.8. The predicted octanol–water partition coefficient (Wildman–Crippen LogP) is 0.372. The van der Waals surface area contributed by atoms with Crippen LogP contribution in [0.1, 0.15) is 12.1 Å². The molecule has 7 nitrogen and oxygen atoms in total. The van der Waals surface area contributed by atoms with Gasteiger partial charge in [0.05, 0.1) is 17.6 Å². The van der Waals surface area contributed by atoms with Crippen molar-refractivity contribution in [2.24, 2.45) is 0 Å². The van der Waals surface area contributed by atoms with Gasteiger partial charge in [0.25, 0.3) is 0 Å². The van der Waals surface area contributed by atoms with Crippen LogP contribution in [-0.2, 0) is 10.0 Å². The number of hydrogen-bond donors (Lipinski definition) is 3. The number of nitrogens with one attached hydrogen (secondary N) is 2. The minimum Gasteiger partial charge on any atom is -0.394 e. The Labute approximate surface area is 111 Å². The van der Waals surface area contributed by atoms with Crippen LogP contribution in [0.5, 0.6) is 0 Å².